The Hall–Kier alpha value is -2.27. The normalized spacial score (nSPS) is 14.5. The van der Waals surface area contributed by atoms with Crippen molar-refractivity contribution >= 4 is 32.8 Å². The molecular weight excluding hydrogens is 436 g/mol. The molecule has 0 amide bonds. The second-order valence-electron chi connectivity index (χ2n) is 7.50. The average Bonchev–Trinajstić information content (AvgIpc) is 3.26. The summed E-state index contributed by atoms with van der Waals surface area (Å²) in [6.07, 6.45) is 2.64. The van der Waals surface area contributed by atoms with E-state index in [0.717, 1.165) is 62.1 Å². The van der Waals surface area contributed by atoms with Gasteiger partial charge < -0.3 is 9.47 Å². The number of fused-ring (bicyclic) bond motifs is 2. The minimum absolute atomic E-state index is 0.191. The van der Waals surface area contributed by atoms with E-state index in [0.29, 0.717) is 17.6 Å². The van der Waals surface area contributed by atoms with Crippen LogP contribution in [0.4, 0.5) is 0 Å². The molecule has 0 spiro atoms. The molecule has 0 atom stereocenters. The first-order chi connectivity index (χ1) is 15.0. The molecule has 3 aromatic rings. The number of nitrogens with zero attached hydrogens (tertiary/aromatic N) is 3. The van der Waals surface area contributed by atoms with Crippen LogP contribution in [0, 0.1) is 0 Å². The van der Waals surface area contributed by atoms with Crippen LogP contribution in [-0.2, 0) is 23.0 Å². The first-order valence-electron chi connectivity index (χ1n) is 10.2. The number of unbranched alkanes of at least 4 members (excludes halogenated alkanes) is 1. The van der Waals surface area contributed by atoms with Crippen molar-refractivity contribution in [2.24, 2.45) is 0 Å². The number of sulfonamides is 1. The van der Waals surface area contributed by atoms with Crippen molar-refractivity contribution in [3.05, 3.63) is 41.5 Å². The number of hydrogen-bond donors (Lipinski definition) is 1. The van der Waals surface area contributed by atoms with Crippen LogP contribution in [0.25, 0.3) is 11.0 Å². The number of rotatable bonds is 9. The number of aromatic nitrogens is 2. The molecule has 0 bridgehead atoms. The van der Waals surface area contributed by atoms with Crippen molar-refractivity contribution in [2.75, 3.05) is 33.9 Å². The Balaban J connectivity index is 1.27. The van der Waals surface area contributed by atoms with Crippen LogP contribution in [0.1, 0.15) is 24.0 Å². The van der Waals surface area contributed by atoms with E-state index in [1.165, 1.54) is 11.1 Å². The van der Waals surface area contributed by atoms with Crippen LogP contribution in [-0.4, -0.2) is 55.9 Å². The Kier molecular flexibility index (Phi) is 6.71. The number of hydrogen-bond acceptors (Lipinski definition) is 8. The molecule has 0 aliphatic carbocycles. The quantitative estimate of drug-likeness (QED) is 0.489. The summed E-state index contributed by atoms with van der Waals surface area (Å²) in [7, 11) is -0.297. The molecule has 31 heavy (non-hydrogen) atoms. The zero-order valence-corrected chi connectivity index (χ0v) is 19.3. The fraction of sp³-hybridized carbons (Fsp3) is 0.429. The third kappa shape index (κ3) is 4.82. The maximum absolute atomic E-state index is 12.7. The van der Waals surface area contributed by atoms with E-state index in [1.54, 1.807) is 32.4 Å². The lowest BCUT2D eigenvalue weighted by Gasteiger charge is -2.29. The molecule has 4 rings (SSSR count). The molecule has 2 aromatic carbocycles. The van der Waals surface area contributed by atoms with Crippen molar-refractivity contribution in [3.63, 3.8) is 0 Å². The van der Waals surface area contributed by atoms with Crippen molar-refractivity contribution in [1.82, 2.24) is 18.4 Å². The maximum Gasteiger partial charge on any atom is 0.242 e. The van der Waals surface area contributed by atoms with Crippen LogP contribution in [0.15, 0.2) is 35.2 Å². The van der Waals surface area contributed by atoms with Gasteiger partial charge in [0.05, 0.1) is 25.9 Å². The molecule has 0 fully saturated rings. The number of benzene rings is 2. The zero-order valence-electron chi connectivity index (χ0n) is 17.6. The van der Waals surface area contributed by atoms with Gasteiger partial charge in [-0.2, -0.15) is 8.75 Å². The van der Waals surface area contributed by atoms with Crippen LogP contribution in [0.2, 0.25) is 0 Å². The van der Waals surface area contributed by atoms with Crippen LogP contribution >= 0.6 is 11.7 Å². The Bertz CT molecular complexity index is 1160. The van der Waals surface area contributed by atoms with Gasteiger partial charge in [0.15, 0.2) is 11.5 Å². The van der Waals surface area contributed by atoms with Gasteiger partial charge in [-0.3, -0.25) is 4.90 Å². The van der Waals surface area contributed by atoms with Gasteiger partial charge >= 0.3 is 0 Å². The lowest BCUT2D eigenvalue weighted by atomic mass is 9.98. The molecule has 8 nitrogen and oxygen atoms in total. The van der Waals surface area contributed by atoms with Crippen molar-refractivity contribution in [1.29, 1.82) is 0 Å². The number of nitrogens with one attached hydrogen (secondary N) is 1. The lowest BCUT2D eigenvalue weighted by molar-refractivity contribution is 0.248. The molecule has 1 aliphatic rings. The monoisotopic (exact) mass is 462 g/mol. The minimum atomic E-state index is -3.60. The first-order valence-corrected chi connectivity index (χ1v) is 12.4. The summed E-state index contributed by atoms with van der Waals surface area (Å²) in [6.45, 7) is 3.15. The molecule has 1 aliphatic heterocycles. The van der Waals surface area contributed by atoms with Crippen molar-refractivity contribution < 1.29 is 17.9 Å². The summed E-state index contributed by atoms with van der Waals surface area (Å²) >= 11 is 1.02. The van der Waals surface area contributed by atoms with Gasteiger partial charge in [-0.15, -0.1) is 0 Å². The van der Waals surface area contributed by atoms with Gasteiger partial charge in [0, 0.05) is 19.6 Å². The highest BCUT2D eigenvalue weighted by Crippen LogP contribution is 2.33. The molecule has 0 radical (unpaired) electrons. The fourth-order valence-electron chi connectivity index (χ4n) is 3.88. The van der Waals surface area contributed by atoms with E-state index in [1.807, 2.05) is 0 Å². The Labute approximate surface area is 186 Å². The van der Waals surface area contributed by atoms with Gasteiger partial charge in [0.25, 0.3) is 0 Å². The van der Waals surface area contributed by atoms with E-state index in [9.17, 15) is 8.42 Å². The van der Waals surface area contributed by atoms with Gasteiger partial charge in [-0.05, 0) is 61.2 Å². The maximum atomic E-state index is 12.7. The Morgan fingerprint density at radius 1 is 1.10 bits per heavy atom. The summed E-state index contributed by atoms with van der Waals surface area (Å²) in [4.78, 5) is 2.58. The highest BCUT2D eigenvalue weighted by atomic mass is 32.2. The Morgan fingerprint density at radius 3 is 2.65 bits per heavy atom. The molecule has 10 heteroatoms. The standard InChI is InChI=1S/C21H26N4O4S2/c1-28-18-12-15-8-11-25(14-16(15)13-19(18)29-2)10-4-3-9-22-31(26,27)20-7-5-6-17-21(20)24-30-23-17/h5-7,12-13,22H,3-4,8-11,14H2,1-2H3. The molecule has 166 valence electrons. The van der Waals surface area contributed by atoms with E-state index in [-0.39, 0.29) is 4.90 Å². The molecule has 1 N–H and O–H groups in total. The lowest BCUT2D eigenvalue weighted by Crippen LogP contribution is -2.32. The molecule has 0 saturated heterocycles. The zero-order chi connectivity index (χ0) is 21.8. The van der Waals surface area contributed by atoms with Gasteiger partial charge in [0.2, 0.25) is 10.0 Å². The summed E-state index contributed by atoms with van der Waals surface area (Å²) in [5, 5.41) is 0. The largest absolute Gasteiger partial charge is 0.493 e. The third-order valence-corrected chi connectivity index (χ3v) is 7.56. The smallest absolute Gasteiger partial charge is 0.242 e. The SMILES string of the molecule is COc1cc2c(cc1OC)CN(CCCCNS(=O)(=O)c1cccc3nsnc13)CC2. The molecule has 1 aromatic heterocycles. The highest BCUT2D eigenvalue weighted by molar-refractivity contribution is 7.89. The van der Waals surface area contributed by atoms with Crippen LogP contribution in [0.5, 0.6) is 11.5 Å². The first kappa shape index (κ1) is 21.9. The van der Waals surface area contributed by atoms with Gasteiger partial charge in [0.1, 0.15) is 15.9 Å². The second kappa shape index (κ2) is 9.47. The topological polar surface area (TPSA) is 93.7 Å². The molecule has 0 unspecified atom stereocenters. The van der Waals surface area contributed by atoms with Gasteiger partial charge in [-0.25, -0.2) is 13.1 Å². The Morgan fingerprint density at radius 2 is 1.87 bits per heavy atom. The minimum Gasteiger partial charge on any atom is -0.493 e. The van der Waals surface area contributed by atoms with Crippen molar-refractivity contribution in [3.8, 4) is 11.5 Å². The van der Waals surface area contributed by atoms with Crippen LogP contribution < -0.4 is 14.2 Å². The van der Waals surface area contributed by atoms with Crippen molar-refractivity contribution in [2.45, 2.75) is 30.7 Å². The molecule has 2 heterocycles. The molecular formula is C21H26N4O4S2. The second-order valence-corrected chi connectivity index (χ2v) is 9.76. The average molecular weight is 463 g/mol. The highest BCUT2D eigenvalue weighted by Gasteiger charge is 2.20. The summed E-state index contributed by atoms with van der Waals surface area (Å²) in [6, 6.07) is 9.15. The van der Waals surface area contributed by atoms with Crippen LogP contribution in [0.3, 0.4) is 0 Å². The summed E-state index contributed by atoms with van der Waals surface area (Å²) < 4.78 is 47.1. The predicted molar refractivity (Wildman–Crippen MR) is 120 cm³/mol. The number of methoxy groups -OCH3 is 2. The third-order valence-electron chi connectivity index (χ3n) is 5.53. The van der Waals surface area contributed by atoms with E-state index in [2.05, 4.69) is 30.5 Å². The van der Waals surface area contributed by atoms with E-state index >= 15 is 0 Å². The summed E-state index contributed by atoms with van der Waals surface area (Å²) in [5.74, 6) is 1.52. The predicted octanol–water partition coefficient (Wildman–Crippen LogP) is 2.83. The number of ether oxygens (including phenoxy) is 2. The molecule has 0 saturated carbocycles. The summed E-state index contributed by atoms with van der Waals surface area (Å²) in [5.41, 5.74) is 3.59. The van der Waals surface area contributed by atoms with E-state index < -0.39 is 10.0 Å². The fourth-order valence-corrected chi connectivity index (χ4v) is 5.71. The van der Waals surface area contributed by atoms with Gasteiger partial charge in [-0.1, -0.05) is 6.07 Å². The van der Waals surface area contributed by atoms with E-state index in [4.69, 9.17) is 9.47 Å².